The minimum atomic E-state index is -3.50. The number of hydrogen-bond donors (Lipinski definition) is 1. The lowest BCUT2D eigenvalue weighted by Gasteiger charge is -2.35. The third-order valence-corrected chi connectivity index (χ3v) is 6.21. The van der Waals surface area contributed by atoms with Gasteiger partial charge in [-0.05, 0) is 35.7 Å². The molecule has 6 heteroatoms. The zero-order valence-corrected chi connectivity index (χ0v) is 14.4. The fourth-order valence-electron chi connectivity index (χ4n) is 3.07. The SMILES string of the molecule is Cc1ccccc1CS(=O)(=O)N1CCNCC1c1cccc(F)c1. The van der Waals surface area contributed by atoms with E-state index in [1.165, 1.54) is 16.4 Å². The van der Waals surface area contributed by atoms with Crippen LogP contribution in [0, 0.1) is 12.7 Å². The Kier molecular flexibility index (Phi) is 4.99. The second-order valence-electron chi connectivity index (χ2n) is 6.07. The molecule has 0 radical (unpaired) electrons. The molecule has 1 aliphatic heterocycles. The number of rotatable bonds is 4. The second-order valence-corrected chi connectivity index (χ2v) is 7.99. The van der Waals surface area contributed by atoms with Gasteiger partial charge in [-0.2, -0.15) is 4.31 Å². The van der Waals surface area contributed by atoms with Crippen LogP contribution in [0.1, 0.15) is 22.7 Å². The van der Waals surface area contributed by atoms with E-state index in [9.17, 15) is 12.8 Å². The number of piperazine rings is 1. The van der Waals surface area contributed by atoms with E-state index in [0.717, 1.165) is 11.1 Å². The van der Waals surface area contributed by atoms with Gasteiger partial charge in [0.2, 0.25) is 10.0 Å². The van der Waals surface area contributed by atoms with E-state index in [1.54, 1.807) is 12.1 Å². The van der Waals surface area contributed by atoms with Crippen molar-refractivity contribution in [2.45, 2.75) is 18.7 Å². The quantitative estimate of drug-likeness (QED) is 0.924. The lowest BCUT2D eigenvalue weighted by molar-refractivity contribution is 0.270. The molecule has 0 aliphatic carbocycles. The van der Waals surface area contributed by atoms with Crippen LogP contribution in [0.4, 0.5) is 4.39 Å². The summed E-state index contributed by atoms with van der Waals surface area (Å²) < 4.78 is 41.0. The number of nitrogens with one attached hydrogen (secondary N) is 1. The summed E-state index contributed by atoms with van der Waals surface area (Å²) in [6.07, 6.45) is 0. The van der Waals surface area contributed by atoms with Gasteiger partial charge in [-0.15, -0.1) is 0 Å². The van der Waals surface area contributed by atoms with Crippen molar-refractivity contribution in [3.8, 4) is 0 Å². The molecule has 1 atom stereocenters. The molecule has 24 heavy (non-hydrogen) atoms. The first-order chi connectivity index (χ1) is 11.5. The van der Waals surface area contributed by atoms with Crippen molar-refractivity contribution in [1.29, 1.82) is 0 Å². The van der Waals surface area contributed by atoms with Crippen LogP contribution in [0.3, 0.4) is 0 Å². The van der Waals surface area contributed by atoms with Gasteiger partial charge in [-0.25, -0.2) is 12.8 Å². The normalized spacial score (nSPS) is 19.3. The maximum atomic E-state index is 13.6. The van der Waals surface area contributed by atoms with Gasteiger partial charge in [0, 0.05) is 19.6 Å². The van der Waals surface area contributed by atoms with Crippen molar-refractivity contribution < 1.29 is 12.8 Å². The highest BCUT2D eigenvalue weighted by molar-refractivity contribution is 7.88. The lowest BCUT2D eigenvalue weighted by Crippen LogP contribution is -2.49. The fraction of sp³-hybridized carbons (Fsp3) is 0.333. The Bertz CT molecular complexity index is 823. The van der Waals surface area contributed by atoms with Crippen LogP contribution in [0.15, 0.2) is 48.5 Å². The van der Waals surface area contributed by atoms with Gasteiger partial charge in [0.1, 0.15) is 5.82 Å². The van der Waals surface area contributed by atoms with Crippen molar-refractivity contribution in [1.82, 2.24) is 9.62 Å². The van der Waals surface area contributed by atoms with Gasteiger partial charge in [0.05, 0.1) is 11.8 Å². The summed E-state index contributed by atoms with van der Waals surface area (Å²) in [7, 11) is -3.50. The van der Waals surface area contributed by atoms with Crippen LogP contribution in [-0.2, 0) is 15.8 Å². The molecule has 1 saturated heterocycles. The second kappa shape index (κ2) is 7.01. The topological polar surface area (TPSA) is 49.4 Å². The Balaban J connectivity index is 1.91. The van der Waals surface area contributed by atoms with Gasteiger partial charge in [-0.1, -0.05) is 36.4 Å². The monoisotopic (exact) mass is 348 g/mol. The smallest absolute Gasteiger partial charge is 0.218 e. The number of hydrogen-bond acceptors (Lipinski definition) is 3. The first kappa shape index (κ1) is 17.1. The van der Waals surface area contributed by atoms with Crippen LogP contribution in [-0.4, -0.2) is 32.4 Å². The summed E-state index contributed by atoms with van der Waals surface area (Å²) in [4.78, 5) is 0. The predicted molar refractivity (Wildman–Crippen MR) is 92.5 cm³/mol. The zero-order chi connectivity index (χ0) is 17.2. The molecule has 2 aromatic carbocycles. The molecule has 0 amide bonds. The van der Waals surface area contributed by atoms with Crippen molar-refractivity contribution >= 4 is 10.0 Å². The van der Waals surface area contributed by atoms with Gasteiger partial charge in [-0.3, -0.25) is 0 Å². The molecule has 0 aromatic heterocycles. The van der Waals surface area contributed by atoms with Crippen LogP contribution in [0.2, 0.25) is 0 Å². The Hall–Kier alpha value is -1.76. The lowest BCUT2D eigenvalue weighted by atomic mass is 10.1. The molecule has 1 unspecified atom stereocenters. The summed E-state index contributed by atoms with van der Waals surface area (Å²) in [5.41, 5.74) is 2.43. The maximum Gasteiger partial charge on any atom is 0.218 e. The van der Waals surface area contributed by atoms with E-state index < -0.39 is 10.0 Å². The van der Waals surface area contributed by atoms with Gasteiger partial charge in [0.25, 0.3) is 0 Å². The van der Waals surface area contributed by atoms with Crippen LogP contribution in [0.25, 0.3) is 0 Å². The molecule has 4 nitrogen and oxygen atoms in total. The summed E-state index contributed by atoms with van der Waals surface area (Å²) in [5.74, 6) is -0.389. The van der Waals surface area contributed by atoms with E-state index in [0.29, 0.717) is 25.2 Å². The first-order valence-corrected chi connectivity index (χ1v) is 9.58. The van der Waals surface area contributed by atoms with E-state index >= 15 is 0 Å². The molecule has 0 bridgehead atoms. The van der Waals surface area contributed by atoms with Gasteiger partial charge >= 0.3 is 0 Å². The minimum Gasteiger partial charge on any atom is -0.313 e. The average Bonchev–Trinajstić information content (AvgIpc) is 2.57. The molecule has 0 saturated carbocycles. The molecule has 1 fully saturated rings. The molecule has 2 aromatic rings. The molecule has 1 aliphatic rings. The Morgan fingerprint density at radius 1 is 1.21 bits per heavy atom. The van der Waals surface area contributed by atoms with Crippen LogP contribution >= 0.6 is 0 Å². The third-order valence-electron chi connectivity index (χ3n) is 4.38. The number of nitrogens with zero attached hydrogens (tertiary/aromatic N) is 1. The van der Waals surface area contributed by atoms with Gasteiger partial charge < -0.3 is 5.32 Å². The van der Waals surface area contributed by atoms with E-state index in [-0.39, 0.29) is 17.6 Å². The van der Waals surface area contributed by atoms with Crippen LogP contribution in [0.5, 0.6) is 0 Å². The van der Waals surface area contributed by atoms with Crippen molar-refractivity contribution in [2.75, 3.05) is 19.6 Å². The number of aryl methyl sites for hydroxylation is 1. The number of benzene rings is 2. The Morgan fingerprint density at radius 2 is 2.00 bits per heavy atom. The highest BCUT2D eigenvalue weighted by Crippen LogP contribution is 2.27. The van der Waals surface area contributed by atoms with E-state index in [2.05, 4.69) is 5.32 Å². The fourth-order valence-corrected chi connectivity index (χ4v) is 4.90. The first-order valence-electron chi connectivity index (χ1n) is 7.97. The van der Waals surface area contributed by atoms with Crippen molar-refractivity contribution in [3.63, 3.8) is 0 Å². The number of halogens is 1. The molecular weight excluding hydrogens is 327 g/mol. The van der Waals surface area contributed by atoms with Crippen LogP contribution < -0.4 is 5.32 Å². The highest BCUT2D eigenvalue weighted by Gasteiger charge is 2.33. The van der Waals surface area contributed by atoms with Gasteiger partial charge in [0.15, 0.2) is 0 Å². The Morgan fingerprint density at radius 3 is 2.75 bits per heavy atom. The summed E-state index contributed by atoms with van der Waals surface area (Å²) in [6.45, 7) is 3.37. The predicted octanol–water partition coefficient (Wildman–Crippen LogP) is 2.61. The standard InChI is InChI=1S/C18H21FN2O2S/c1-14-5-2-3-6-16(14)13-24(22,23)21-10-9-20-12-18(21)15-7-4-8-17(19)11-15/h2-8,11,18,20H,9-10,12-13H2,1H3. The molecule has 128 valence electrons. The molecule has 1 heterocycles. The highest BCUT2D eigenvalue weighted by atomic mass is 32.2. The minimum absolute atomic E-state index is 0.0362. The van der Waals surface area contributed by atoms with Crippen molar-refractivity contribution in [3.05, 3.63) is 71.0 Å². The molecule has 3 rings (SSSR count). The third kappa shape index (κ3) is 3.66. The Labute approximate surface area is 142 Å². The average molecular weight is 348 g/mol. The van der Waals surface area contributed by atoms with E-state index in [1.807, 2.05) is 31.2 Å². The summed E-state index contributed by atoms with van der Waals surface area (Å²) in [6, 6.07) is 13.3. The summed E-state index contributed by atoms with van der Waals surface area (Å²) in [5, 5.41) is 3.20. The maximum absolute atomic E-state index is 13.6. The largest absolute Gasteiger partial charge is 0.313 e. The summed E-state index contributed by atoms with van der Waals surface area (Å²) >= 11 is 0. The van der Waals surface area contributed by atoms with Crippen molar-refractivity contribution in [2.24, 2.45) is 0 Å². The molecule has 0 spiro atoms. The molecule has 1 N–H and O–H groups in total. The van der Waals surface area contributed by atoms with E-state index in [4.69, 9.17) is 0 Å². The molecular formula is C18H21FN2O2S. The zero-order valence-electron chi connectivity index (χ0n) is 13.6. The number of sulfonamides is 1.